The van der Waals surface area contributed by atoms with Gasteiger partial charge in [-0.1, -0.05) is 0 Å². The Balaban J connectivity index is 1.78. The molecule has 1 spiro atoms. The Morgan fingerprint density at radius 1 is 1.50 bits per heavy atom. The van der Waals surface area contributed by atoms with Crippen LogP contribution in [-0.2, 0) is 4.74 Å². The van der Waals surface area contributed by atoms with E-state index in [4.69, 9.17) is 4.74 Å². The van der Waals surface area contributed by atoms with Crippen molar-refractivity contribution in [1.82, 2.24) is 4.98 Å². The van der Waals surface area contributed by atoms with Gasteiger partial charge in [0.2, 0.25) is 0 Å². The Hall–Kier alpha value is -0.740. The third-order valence-corrected chi connectivity index (χ3v) is 4.76. The monoisotopic (exact) mass is 309 g/mol. The Labute approximate surface area is 115 Å². The number of hydrogen-bond acceptors (Lipinski definition) is 3. The summed E-state index contributed by atoms with van der Waals surface area (Å²) in [4.78, 5) is 16.7. The van der Waals surface area contributed by atoms with Crippen LogP contribution in [0, 0.1) is 5.92 Å². The van der Waals surface area contributed by atoms with E-state index in [1.165, 1.54) is 6.42 Å². The van der Waals surface area contributed by atoms with E-state index in [1.807, 2.05) is 12.1 Å². The number of ether oxygens (including phenoxy) is 1. The molecule has 1 aliphatic carbocycles. The highest BCUT2D eigenvalue weighted by Gasteiger charge is 2.44. The van der Waals surface area contributed by atoms with Gasteiger partial charge in [0.25, 0.3) is 0 Å². The molecule has 1 aliphatic heterocycles. The summed E-state index contributed by atoms with van der Waals surface area (Å²) in [6.07, 6.45) is 6.82. The zero-order chi connectivity index (χ0) is 12.6. The van der Waals surface area contributed by atoms with Crippen LogP contribution in [0.4, 0.5) is 0 Å². The van der Waals surface area contributed by atoms with Gasteiger partial charge in [0.1, 0.15) is 5.69 Å². The fourth-order valence-electron chi connectivity index (χ4n) is 2.93. The normalized spacial score (nSPS) is 25.7. The summed E-state index contributed by atoms with van der Waals surface area (Å²) < 4.78 is 6.66. The number of rotatable bonds is 2. The van der Waals surface area contributed by atoms with E-state index in [1.54, 1.807) is 6.20 Å². The molecule has 3 nitrogen and oxygen atoms in total. The molecule has 0 aromatic carbocycles. The van der Waals surface area contributed by atoms with Gasteiger partial charge < -0.3 is 4.74 Å². The van der Waals surface area contributed by atoms with Crippen LogP contribution in [0.3, 0.4) is 0 Å². The molecule has 0 amide bonds. The fraction of sp³-hybridized carbons (Fsp3) is 0.571. The van der Waals surface area contributed by atoms with Crippen molar-refractivity contribution in [3.8, 4) is 0 Å². The molecule has 1 atom stereocenters. The number of carbonyl (C=O) groups excluding carboxylic acids is 1. The van der Waals surface area contributed by atoms with Gasteiger partial charge in [-0.2, -0.15) is 0 Å². The van der Waals surface area contributed by atoms with Crippen molar-refractivity contribution in [2.75, 3.05) is 6.61 Å². The predicted molar refractivity (Wildman–Crippen MR) is 71.5 cm³/mol. The Morgan fingerprint density at radius 2 is 2.33 bits per heavy atom. The minimum atomic E-state index is 0.0137. The molecule has 3 rings (SSSR count). The average Bonchev–Trinajstić information content (AvgIpc) is 2.37. The summed E-state index contributed by atoms with van der Waals surface area (Å²) in [6, 6.07) is 3.71. The second-order valence-corrected chi connectivity index (χ2v) is 6.13. The summed E-state index contributed by atoms with van der Waals surface area (Å²) in [6.45, 7) is 0.709. The molecule has 1 aromatic heterocycles. The standard InChI is InChI=1S/C14H16BrNO2/c15-11-3-1-7-16-12(11)13(17)10-4-8-18-14(9-10)5-2-6-14/h1,3,7,10H,2,4-6,8-9H2. The van der Waals surface area contributed by atoms with Crippen molar-refractivity contribution in [3.05, 3.63) is 28.5 Å². The quantitative estimate of drug-likeness (QED) is 0.786. The van der Waals surface area contributed by atoms with Crippen molar-refractivity contribution < 1.29 is 9.53 Å². The number of aromatic nitrogens is 1. The first-order valence-corrected chi connectivity index (χ1v) is 7.28. The van der Waals surface area contributed by atoms with Gasteiger partial charge in [-0.25, -0.2) is 0 Å². The highest BCUT2D eigenvalue weighted by Crippen LogP contribution is 2.45. The van der Waals surface area contributed by atoms with Gasteiger partial charge in [0, 0.05) is 23.2 Å². The Kier molecular flexibility index (Phi) is 3.24. The van der Waals surface area contributed by atoms with Gasteiger partial charge in [-0.05, 0) is 60.2 Å². The first kappa shape index (κ1) is 12.3. The molecule has 18 heavy (non-hydrogen) atoms. The first-order chi connectivity index (χ1) is 8.70. The smallest absolute Gasteiger partial charge is 0.185 e. The second kappa shape index (κ2) is 4.74. The highest BCUT2D eigenvalue weighted by atomic mass is 79.9. The lowest BCUT2D eigenvalue weighted by Crippen LogP contribution is -2.47. The number of ketones is 1. The molecule has 1 unspecified atom stereocenters. The number of hydrogen-bond donors (Lipinski definition) is 0. The SMILES string of the molecule is O=C(c1ncccc1Br)C1CCOC2(CCC2)C1. The molecule has 2 fully saturated rings. The zero-order valence-corrected chi connectivity index (χ0v) is 11.8. The molecule has 0 bridgehead atoms. The number of carbonyl (C=O) groups is 1. The maximum absolute atomic E-state index is 12.5. The first-order valence-electron chi connectivity index (χ1n) is 6.49. The molecule has 1 saturated heterocycles. The van der Waals surface area contributed by atoms with Crippen LogP contribution in [0.25, 0.3) is 0 Å². The second-order valence-electron chi connectivity index (χ2n) is 5.27. The summed E-state index contributed by atoms with van der Waals surface area (Å²) in [5.74, 6) is 0.238. The average molecular weight is 310 g/mol. The van der Waals surface area contributed by atoms with Gasteiger partial charge >= 0.3 is 0 Å². The Morgan fingerprint density at radius 3 is 3.00 bits per heavy atom. The van der Waals surface area contributed by atoms with Crippen LogP contribution >= 0.6 is 15.9 Å². The van der Waals surface area contributed by atoms with Crippen molar-refractivity contribution in [3.63, 3.8) is 0 Å². The van der Waals surface area contributed by atoms with Crippen molar-refractivity contribution in [2.45, 2.75) is 37.7 Å². The van der Waals surface area contributed by atoms with Gasteiger partial charge in [-0.3, -0.25) is 9.78 Å². The zero-order valence-electron chi connectivity index (χ0n) is 10.2. The number of nitrogens with zero attached hydrogens (tertiary/aromatic N) is 1. The molecule has 2 heterocycles. The fourth-order valence-corrected chi connectivity index (χ4v) is 3.38. The lowest BCUT2D eigenvalue weighted by atomic mass is 9.71. The Bertz CT molecular complexity index is 471. The van der Waals surface area contributed by atoms with Crippen LogP contribution < -0.4 is 0 Å². The van der Waals surface area contributed by atoms with Crippen LogP contribution in [0.15, 0.2) is 22.8 Å². The van der Waals surface area contributed by atoms with Crippen molar-refractivity contribution in [2.24, 2.45) is 5.92 Å². The van der Waals surface area contributed by atoms with E-state index in [9.17, 15) is 4.79 Å². The van der Waals surface area contributed by atoms with Gasteiger partial charge in [0.15, 0.2) is 5.78 Å². The van der Waals surface area contributed by atoms with Crippen LogP contribution in [0.1, 0.15) is 42.6 Å². The summed E-state index contributed by atoms with van der Waals surface area (Å²) in [5, 5.41) is 0. The summed E-state index contributed by atoms with van der Waals surface area (Å²) in [5.41, 5.74) is 0.582. The van der Waals surface area contributed by atoms with Crippen LogP contribution in [-0.4, -0.2) is 23.0 Å². The molecular weight excluding hydrogens is 294 g/mol. The van der Waals surface area contributed by atoms with E-state index < -0.39 is 0 Å². The van der Waals surface area contributed by atoms with Crippen LogP contribution in [0.2, 0.25) is 0 Å². The minimum absolute atomic E-state index is 0.0137. The molecule has 1 aromatic rings. The van der Waals surface area contributed by atoms with E-state index in [-0.39, 0.29) is 17.3 Å². The molecule has 96 valence electrons. The van der Waals surface area contributed by atoms with E-state index in [0.717, 1.165) is 30.2 Å². The van der Waals surface area contributed by atoms with Gasteiger partial charge in [-0.15, -0.1) is 0 Å². The minimum Gasteiger partial charge on any atom is -0.375 e. The van der Waals surface area contributed by atoms with Crippen LogP contribution in [0.5, 0.6) is 0 Å². The summed E-state index contributed by atoms with van der Waals surface area (Å²) in [7, 11) is 0. The lowest BCUT2D eigenvalue weighted by molar-refractivity contribution is -0.137. The molecular formula is C14H16BrNO2. The third kappa shape index (κ3) is 2.12. The predicted octanol–water partition coefficient (Wildman–Crippen LogP) is 3.38. The molecule has 4 heteroatoms. The van der Waals surface area contributed by atoms with Gasteiger partial charge in [0.05, 0.1) is 5.60 Å². The molecule has 1 saturated carbocycles. The topological polar surface area (TPSA) is 39.2 Å². The lowest BCUT2D eigenvalue weighted by Gasteiger charge is -2.46. The number of pyridine rings is 1. The number of Topliss-reactive ketones (excluding diaryl/α,β-unsaturated/α-hetero) is 1. The third-order valence-electron chi connectivity index (χ3n) is 4.12. The van der Waals surface area contributed by atoms with E-state index in [2.05, 4.69) is 20.9 Å². The number of halogens is 1. The maximum Gasteiger partial charge on any atom is 0.185 e. The largest absolute Gasteiger partial charge is 0.375 e. The highest BCUT2D eigenvalue weighted by molar-refractivity contribution is 9.10. The maximum atomic E-state index is 12.5. The molecule has 0 N–H and O–H groups in total. The molecule has 2 aliphatic rings. The van der Waals surface area contributed by atoms with E-state index in [0.29, 0.717) is 12.3 Å². The van der Waals surface area contributed by atoms with E-state index >= 15 is 0 Å². The van der Waals surface area contributed by atoms with Crippen molar-refractivity contribution >= 4 is 21.7 Å². The summed E-state index contributed by atoms with van der Waals surface area (Å²) >= 11 is 3.41. The van der Waals surface area contributed by atoms with Crippen molar-refractivity contribution in [1.29, 1.82) is 0 Å². The molecule has 0 radical (unpaired) electrons.